The van der Waals surface area contributed by atoms with Gasteiger partial charge in [0.25, 0.3) is 0 Å². The highest BCUT2D eigenvalue weighted by molar-refractivity contribution is 5.89. The number of carbonyl (C=O) groups excluding carboxylic acids is 2. The summed E-state index contributed by atoms with van der Waals surface area (Å²) < 4.78 is 0. The van der Waals surface area contributed by atoms with Crippen LogP contribution in [0.1, 0.15) is 12.0 Å². The average Bonchev–Trinajstić information content (AvgIpc) is 2.67. The molecular weight excluding hydrogens is 340 g/mol. The molecule has 0 heterocycles. The number of para-hydroxylation sites is 1. The molecule has 2 N–H and O–H groups in total. The number of hydrogen-bond donors (Lipinski definition) is 2. The lowest BCUT2D eigenvalue weighted by molar-refractivity contribution is -0.127. The Hall–Kier alpha value is -3.02. The summed E-state index contributed by atoms with van der Waals surface area (Å²) >= 11 is 0. The zero-order valence-corrected chi connectivity index (χ0v) is 16.2. The van der Waals surface area contributed by atoms with Gasteiger partial charge in [-0.1, -0.05) is 30.3 Å². The van der Waals surface area contributed by atoms with E-state index in [4.69, 9.17) is 0 Å². The summed E-state index contributed by atoms with van der Waals surface area (Å²) in [6.07, 6.45) is 1.21. The maximum atomic E-state index is 12.0. The second-order valence-electron chi connectivity index (χ2n) is 6.65. The van der Waals surface area contributed by atoms with Gasteiger partial charge in [-0.15, -0.1) is 0 Å². The van der Waals surface area contributed by atoms with E-state index in [0.717, 1.165) is 24.2 Å². The Morgan fingerprint density at radius 1 is 0.926 bits per heavy atom. The maximum Gasteiger partial charge on any atom is 0.319 e. The summed E-state index contributed by atoms with van der Waals surface area (Å²) in [5, 5.41) is 5.67. The standard InChI is InChI=1S/C21H28N4O2/c1-24(2)20(26)16-17-10-12-18(13-11-17)23-21(27)22-14-7-15-25(3)19-8-5-4-6-9-19/h4-6,8-13H,7,14-16H2,1-3H3,(H2,22,23,27). The minimum atomic E-state index is -0.227. The van der Waals surface area contributed by atoms with Crippen molar-refractivity contribution in [1.29, 1.82) is 0 Å². The Balaban J connectivity index is 1.69. The number of likely N-dealkylation sites (N-methyl/N-ethyl adjacent to an activating group) is 1. The number of nitrogens with zero attached hydrogens (tertiary/aromatic N) is 2. The second-order valence-corrected chi connectivity index (χ2v) is 6.65. The van der Waals surface area contributed by atoms with Crippen molar-refractivity contribution in [3.8, 4) is 0 Å². The molecule has 0 unspecified atom stereocenters. The molecule has 0 aliphatic heterocycles. The molecular formula is C21H28N4O2. The molecule has 0 spiro atoms. The fourth-order valence-electron chi connectivity index (χ4n) is 2.54. The molecule has 6 nitrogen and oxygen atoms in total. The SMILES string of the molecule is CN(C)C(=O)Cc1ccc(NC(=O)NCCCN(C)c2ccccc2)cc1. The van der Waals surface area contributed by atoms with Crippen LogP contribution in [0.2, 0.25) is 0 Å². The zero-order valence-electron chi connectivity index (χ0n) is 16.2. The number of benzene rings is 2. The molecule has 0 aromatic heterocycles. The number of nitrogens with one attached hydrogen (secondary N) is 2. The van der Waals surface area contributed by atoms with E-state index in [1.165, 1.54) is 0 Å². The van der Waals surface area contributed by atoms with Gasteiger partial charge < -0.3 is 20.4 Å². The number of rotatable bonds is 8. The van der Waals surface area contributed by atoms with Gasteiger partial charge >= 0.3 is 6.03 Å². The lowest BCUT2D eigenvalue weighted by Crippen LogP contribution is -2.31. The van der Waals surface area contributed by atoms with E-state index in [1.54, 1.807) is 31.1 Å². The second kappa shape index (κ2) is 10.2. The van der Waals surface area contributed by atoms with Crippen molar-refractivity contribution in [1.82, 2.24) is 10.2 Å². The van der Waals surface area contributed by atoms with Crippen molar-refractivity contribution in [2.45, 2.75) is 12.8 Å². The van der Waals surface area contributed by atoms with Crippen molar-refractivity contribution >= 4 is 23.3 Å². The molecule has 6 heteroatoms. The highest BCUT2D eigenvalue weighted by Gasteiger charge is 2.06. The third-order valence-electron chi connectivity index (χ3n) is 4.22. The van der Waals surface area contributed by atoms with Crippen LogP contribution < -0.4 is 15.5 Å². The molecule has 0 saturated carbocycles. The van der Waals surface area contributed by atoms with Crippen LogP contribution in [0, 0.1) is 0 Å². The first kappa shape index (κ1) is 20.3. The number of anilines is 2. The van der Waals surface area contributed by atoms with E-state index in [0.29, 0.717) is 18.7 Å². The van der Waals surface area contributed by atoms with Gasteiger partial charge in [0.05, 0.1) is 6.42 Å². The molecule has 0 aliphatic rings. The minimum Gasteiger partial charge on any atom is -0.375 e. The minimum absolute atomic E-state index is 0.0499. The van der Waals surface area contributed by atoms with Crippen LogP contribution in [0.5, 0.6) is 0 Å². The number of urea groups is 1. The Labute approximate surface area is 161 Å². The molecule has 0 aliphatic carbocycles. The number of amides is 3. The Bertz CT molecular complexity index is 730. The molecule has 27 heavy (non-hydrogen) atoms. The summed E-state index contributed by atoms with van der Waals surface area (Å²) in [5.41, 5.74) is 2.79. The summed E-state index contributed by atoms with van der Waals surface area (Å²) in [6.45, 7) is 1.46. The molecule has 2 rings (SSSR count). The third-order valence-corrected chi connectivity index (χ3v) is 4.22. The van der Waals surface area contributed by atoms with Gasteiger partial charge in [0, 0.05) is 45.6 Å². The van der Waals surface area contributed by atoms with Crippen LogP contribution in [0.25, 0.3) is 0 Å². The lowest BCUT2D eigenvalue weighted by atomic mass is 10.1. The topological polar surface area (TPSA) is 64.7 Å². The normalized spacial score (nSPS) is 10.2. The predicted molar refractivity (Wildman–Crippen MR) is 110 cm³/mol. The average molecular weight is 368 g/mol. The highest BCUT2D eigenvalue weighted by atomic mass is 16.2. The van der Waals surface area contributed by atoms with E-state index in [9.17, 15) is 9.59 Å². The summed E-state index contributed by atoms with van der Waals surface area (Å²) in [4.78, 5) is 27.4. The van der Waals surface area contributed by atoms with E-state index in [2.05, 4.69) is 27.7 Å². The van der Waals surface area contributed by atoms with E-state index in [1.807, 2.05) is 37.4 Å². The van der Waals surface area contributed by atoms with Gasteiger partial charge in [-0.3, -0.25) is 4.79 Å². The molecule has 0 bridgehead atoms. The predicted octanol–water partition coefficient (Wildman–Crippen LogP) is 2.97. The van der Waals surface area contributed by atoms with Crippen LogP contribution in [0.3, 0.4) is 0 Å². The van der Waals surface area contributed by atoms with Crippen molar-refractivity contribution in [3.63, 3.8) is 0 Å². The van der Waals surface area contributed by atoms with Gasteiger partial charge in [0.1, 0.15) is 0 Å². The largest absolute Gasteiger partial charge is 0.375 e. The Morgan fingerprint density at radius 3 is 2.22 bits per heavy atom. The molecule has 0 saturated heterocycles. The molecule has 3 amide bonds. The highest BCUT2D eigenvalue weighted by Crippen LogP contribution is 2.11. The Morgan fingerprint density at radius 2 is 1.59 bits per heavy atom. The number of carbonyl (C=O) groups is 2. The lowest BCUT2D eigenvalue weighted by Gasteiger charge is -2.19. The van der Waals surface area contributed by atoms with Gasteiger partial charge in [-0.2, -0.15) is 0 Å². The quantitative estimate of drug-likeness (QED) is 0.704. The van der Waals surface area contributed by atoms with Gasteiger partial charge in [0.2, 0.25) is 5.91 Å². The Kier molecular flexibility index (Phi) is 7.67. The summed E-state index contributed by atoms with van der Waals surface area (Å²) in [5.74, 6) is 0.0499. The fourth-order valence-corrected chi connectivity index (χ4v) is 2.54. The monoisotopic (exact) mass is 368 g/mol. The van der Waals surface area contributed by atoms with Crippen molar-refractivity contribution in [2.24, 2.45) is 0 Å². The molecule has 144 valence electrons. The van der Waals surface area contributed by atoms with Crippen molar-refractivity contribution in [2.75, 3.05) is 44.4 Å². The third kappa shape index (κ3) is 7.01. The summed E-state index contributed by atoms with van der Waals surface area (Å²) in [6, 6.07) is 17.2. The maximum absolute atomic E-state index is 12.0. The molecule has 2 aromatic carbocycles. The van der Waals surface area contributed by atoms with Crippen molar-refractivity contribution in [3.05, 3.63) is 60.2 Å². The number of hydrogen-bond acceptors (Lipinski definition) is 3. The van der Waals surface area contributed by atoms with Crippen molar-refractivity contribution < 1.29 is 9.59 Å². The van der Waals surface area contributed by atoms with E-state index in [-0.39, 0.29) is 11.9 Å². The van der Waals surface area contributed by atoms with Gasteiger partial charge in [-0.05, 0) is 36.2 Å². The van der Waals surface area contributed by atoms with Crippen LogP contribution in [-0.2, 0) is 11.2 Å². The molecule has 0 atom stereocenters. The molecule has 0 fully saturated rings. The van der Waals surface area contributed by atoms with Crippen LogP contribution in [-0.4, -0.2) is 51.1 Å². The van der Waals surface area contributed by atoms with Gasteiger partial charge in [0.15, 0.2) is 0 Å². The van der Waals surface area contributed by atoms with E-state index >= 15 is 0 Å². The van der Waals surface area contributed by atoms with Crippen LogP contribution >= 0.6 is 0 Å². The van der Waals surface area contributed by atoms with E-state index < -0.39 is 0 Å². The van der Waals surface area contributed by atoms with Gasteiger partial charge in [-0.25, -0.2) is 4.79 Å². The first-order chi connectivity index (χ1) is 13.0. The smallest absolute Gasteiger partial charge is 0.319 e. The fraction of sp³-hybridized carbons (Fsp3) is 0.333. The zero-order chi connectivity index (χ0) is 19.6. The van der Waals surface area contributed by atoms with Crippen LogP contribution in [0.15, 0.2) is 54.6 Å². The molecule has 2 aromatic rings. The first-order valence-electron chi connectivity index (χ1n) is 9.06. The molecule has 0 radical (unpaired) electrons. The summed E-state index contributed by atoms with van der Waals surface area (Å²) in [7, 11) is 5.51. The first-order valence-corrected chi connectivity index (χ1v) is 9.06. The van der Waals surface area contributed by atoms with Crippen LogP contribution in [0.4, 0.5) is 16.2 Å².